The Morgan fingerprint density at radius 2 is 1.66 bits per heavy atom. The third-order valence-electron chi connectivity index (χ3n) is 5.95. The van der Waals surface area contributed by atoms with E-state index in [-0.39, 0.29) is 5.91 Å². The van der Waals surface area contributed by atoms with Gasteiger partial charge in [-0.1, -0.05) is 6.08 Å². The standard InChI is InChI=1S/C25H28N2O4S/c1-16-17(2)32-25(27-10-6-7-11-27)22(16)24(28)26-12-8-18(9-13-26)23-20(30-4)14-19(29-3)15-21(23)31-5/h6-8,10-11,14-15H,9,12-13H2,1-5H3. The molecule has 168 valence electrons. The topological polar surface area (TPSA) is 52.9 Å². The Labute approximate surface area is 192 Å². The number of aryl methyl sites for hydroxylation is 1. The zero-order valence-corrected chi connectivity index (χ0v) is 19.9. The lowest BCUT2D eigenvalue weighted by Gasteiger charge is -2.28. The number of carbonyl (C=O) groups excluding carboxylic acids is 1. The van der Waals surface area contributed by atoms with Gasteiger partial charge in [-0.2, -0.15) is 0 Å². The van der Waals surface area contributed by atoms with Gasteiger partial charge in [-0.25, -0.2) is 0 Å². The van der Waals surface area contributed by atoms with Crippen LogP contribution in [0.4, 0.5) is 0 Å². The molecule has 1 aliphatic rings. The number of benzene rings is 1. The highest BCUT2D eigenvalue weighted by atomic mass is 32.1. The molecule has 6 nitrogen and oxygen atoms in total. The number of nitrogens with zero attached hydrogens (tertiary/aromatic N) is 2. The zero-order chi connectivity index (χ0) is 22.8. The van der Waals surface area contributed by atoms with Crippen LogP contribution < -0.4 is 14.2 Å². The Morgan fingerprint density at radius 3 is 2.19 bits per heavy atom. The number of ether oxygens (including phenoxy) is 3. The lowest BCUT2D eigenvalue weighted by atomic mass is 9.96. The highest BCUT2D eigenvalue weighted by molar-refractivity contribution is 7.15. The van der Waals surface area contributed by atoms with Crippen LogP contribution in [0, 0.1) is 13.8 Å². The second kappa shape index (κ2) is 9.12. The Balaban J connectivity index is 1.64. The summed E-state index contributed by atoms with van der Waals surface area (Å²) in [6, 6.07) is 7.67. The molecule has 0 atom stereocenters. The first-order valence-corrected chi connectivity index (χ1v) is 11.3. The fourth-order valence-corrected chi connectivity index (χ4v) is 5.19. The van der Waals surface area contributed by atoms with E-state index in [9.17, 15) is 4.79 Å². The van der Waals surface area contributed by atoms with Crippen molar-refractivity contribution in [2.24, 2.45) is 0 Å². The largest absolute Gasteiger partial charge is 0.496 e. The molecular formula is C25H28N2O4S. The summed E-state index contributed by atoms with van der Waals surface area (Å²) in [7, 11) is 4.90. The molecule has 0 unspecified atom stereocenters. The summed E-state index contributed by atoms with van der Waals surface area (Å²) >= 11 is 1.66. The number of hydrogen-bond donors (Lipinski definition) is 0. The summed E-state index contributed by atoms with van der Waals surface area (Å²) in [5, 5.41) is 0.975. The number of methoxy groups -OCH3 is 3. The lowest BCUT2D eigenvalue weighted by molar-refractivity contribution is 0.0772. The van der Waals surface area contributed by atoms with Gasteiger partial charge in [-0.15, -0.1) is 11.3 Å². The highest BCUT2D eigenvalue weighted by Crippen LogP contribution is 2.41. The van der Waals surface area contributed by atoms with E-state index in [1.54, 1.807) is 32.7 Å². The Bertz CT molecular complexity index is 1140. The number of rotatable bonds is 6. The Hall–Kier alpha value is -3.19. The summed E-state index contributed by atoms with van der Waals surface area (Å²) in [6.07, 6.45) is 6.78. The van der Waals surface area contributed by atoms with Crippen molar-refractivity contribution in [3.05, 3.63) is 64.3 Å². The number of hydrogen-bond acceptors (Lipinski definition) is 5. The molecule has 2 aromatic heterocycles. The minimum atomic E-state index is 0.0690. The second-order valence-electron chi connectivity index (χ2n) is 7.69. The summed E-state index contributed by atoms with van der Waals surface area (Å²) in [6.45, 7) is 5.26. The first kappa shape index (κ1) is 22.0. The van der Waals surface area contributed by atoms with Crippen LogP contribution in [0.15, 0.2) is 42.7 Å². The number of carbonyl (C=O) groups is 1. The molecule has 1 amide bonds. The molecule has 3 heterocycles. The molecule has 0 aliphatic carbocycles. The quantitative estimate of drug-likeness (QED) is 0.522. The number of amides is 1. The summed E-state index contributed by atoms with van der Waals surface area (Å²) in [5.41, 5.74) is 3.87. The van der Waals surface area contributed by atoms with Crippen molar-refractivity contribution >= 4 is 22.8 Å². The minimum absolute atomic E-state index is 0.0690. The average Bonchev–Trinajstić information content (AvgIpc) is 3.46. The predicted octanol–water partition coefficient (Wildman–Crippen LogP) is 5.11. The van der Waals surface area contributed by atoms with Crippen LogP contribution in [0.5, 0.6) is 17.2 Å². The third-order valence-corrected chi connectivity index (χ3v) is 7.17. The summed E-state index contributed by atoms with van der Waals surface area (Å²) in [5.74, 6) is 2.15. The molecule has 0 fully saturated rings. The van der Waals surface area contributed by atoms with Gasteiger partial charge in [0.05, 0.1) is 32.5 Å². The molecule has 1 aromatic carbocycles. The lowest BCUT2D eigenvalue weighted by Crippen LogP contribution is -2.35. The van der Waals surface area contributed by atoms with Crippen molar-refractivity contribution in [1.29, 1.82) is 0 Å². The van der Waals surface area contributed by atoms with Crippen LogP contribution in [0.25, 0.3) is 10.6 Å². The van der Waals surface area contributed by atoms with Gasteiger partial charge in [-0.05, 0) is 43.5 Å². The van der Waals surface area contributed by atoms with Crippen molar-refractivity contribution in [1.82, 2.24) is 9.47 Å². The van der Waals surface area contributed by atoms with Crippen molar-refractivity contribution in [3.63, 3.8) is 0 Å². The molecule has 32 heavy (non-hydrogen) atoms. The van der Waals surface area contributed by atoms with Gasteiger partial charge in [-0.3, -0.25) is 4.79 Å². The Kier molecular flexibility index (Phi) is 6.28. The van der Waals surface area contributed by atoms with Crippen LogP contribution in [-0.4, -0.2) is 49.8 Å². The third kappa shape index (κ3) is 3.88. The van der Waals surface area contributed by atoms with E-state index in [4.69, 9.17) is 14.2 Å². The zero-order valence-electron chi connectivity index (χ0n) is 19.1. The van der Waals surface area contributed by atoms with Crippen molar-refractivity contribution in [2.75, 3.05) is 34.4 Å². The molecule has 0 saturated carbocycles. The second-order valence-corrected chi connectivity index (χ2v) is 8.89. The molecule has 0 saturated heterocycles. The van der Waals surface area contributed by atoms with E-state index >= 15 is 0 Å². The van der Waals surface area contributed by atoms with Crippen molar-refractivity contribution < 1.29 is 19.0 Å². The molecule has 1 aliphatic heterocycles. The van der Waals surface area contributed by atoms with E-state index in [2.05, 4.69) is 13.0 Å². The summed E-state index contributed by atoms with van der Waals surface area (Å²) < 4.78 is 18.6. The molecular weight excluding hydrogens is 424 g/mol. The van der Waals surface area contributed by atoms with Crippen LogP contribution in [-0.2, 0) is 0 Å². The van der Waals surface area contributed by atoms with E-state index < -0.39 is 0 Å². The van der Waals surface area contributed by atoms with E-state index in [1.165, 1.54) is 0 Å². The first-order chi connectivity index (χ1) is 15.5. The van der Waals surface area contributed by atoms with E-state index in [0.717, 1.165) is 32.1 Å². The minimum Gasteiger partial charge on any atom is -0.496 e. The molecule has 4 rings (SSSR count). The fraction of sp³-hybridized carbons (Fsp3) is 0.320. The van der Waals surface area contributed by atoms with E-state index in [0.29, 0.717) is 36.8 Å². The van der Waals surface area contributed by atoms with Gasteiger partial charge in [0.15, 0.2) is 0 Å². The van der Waals surface area contributed by atoms with Gasteiger partial charge >= 0.3 is 0 Å². The van der Waals surface area contributed by atoms with Crippen molar-refractivity contribution in [2.45, 2.75) is 20.3 Å². The fourth-order valence-electron chi connectivity index (χ4n) is 4.07. The van der Waals surface area contributed by atoms with Crippen LogP contribution in [0.2, 0.25) is 0 Å². The SMILES string of the molecule is COc1cc(OC)c(C2=CCN(C(=O)c3c(-n4cccc4)sc(C)c3C)CC2)c(OC)c1. The molecule has 0 radical (unpaired) electrons. The van der Waals surface area contributed by atoms with Gasteiger partial charge in [0, 0.05) is 42.5 Å². The highest BCUT2D eigenvalue weighted by Gasteiger charge is 2.28. The Morgan fingerprint density at radius 1 is 1.00 bits per heavy atom. The van der Waals surface area contributed by atoms with Gasteiger partial charge in [0.1, 0.15) is 22.2 Å². The van der Waals surface area contributed by atoms with Crippen LogP contribution in [0.3, 0.4) is 0 Å². The van der Waals surface area contributed by atoms with Crippen LogP contribution >= 0.6 is 11.3 Å². The summed E-state index contributed by atoms with van der Waals surface area (Å²) in [4.78, 5) is 16.6. The number of aromatic nitrogens is 1. The molecule has 0 spiro atoms. The van der Waals surface area contributed by atoms with Gasteiger partial charge < -0.3 is 23.7 Å². The predicted molar refractivity (Wildman–Crippen MR) is 128 cm³/mol. The van der Waals surface area contributed by atoms with Crippen LogP contribution in [0.1, 0.15) is 32.8 Å². The normalized spacial score (nSPS) is 13.7. The van der Waals surface area contributed by atoms with Gasteiger partial charge in [0.2, 0.25) is 0 Å². The maximum atomic E-state index is 13.5. The monoisotopic (exact) mass is 452 g/mol. The average molecular weight is 453 g/mol. The number of thiophene rings is 1. The van der Waals surface area contributed by atoms with E-state index in [1.807, 2.05) is 53.0 Å². The van der Waals surface area contributed by atoms with Gasteiger partial charge in [0.25, 0.3) is 5.91 Å². The molecule has 7 heteroatoms. The molecule has 0 bridgehead atoms. The molecule has 0 N–H and O–H groups in total. The smallest absolute Gasteiger partial charge is 0.257 e. The first-order valence-electron chi connectivity index (χ1n) is 10.5. The van der Waals surface area contributed by atoms with Crippen molar-refractivity contribution in [3.8, 4) is 22.2 Å². The maximum Gasteiger partial charge on any atom is 0.257 e. The molecule has 3 aromatic rings. The maximum absolute atomic E-state index is 13.5.